The van der Waals surface area contributed by atoms with Crippen LogP contribution in [0, 0.1) is 6.92 Å². The van der Waals surface area contributed by atoms with Gasteiger partial charge in [-0.3, -0.25) is 0 Å². The third kappa shape index (κ3) is 3.24. The molecule has 0 aliphatic rings. The van der Waals surface area contributed by atoms with Crippen LogP contribution in [-0.4, -0.2) is 18.8 Å². The topological polar surface area (TPSA) is 29.5 Å². The third-order valence-electron chi connectivity index (χ3n) is 2.94. The molecule has 1 rings (SSSR count). The monoisotopic (exact) mass is 222 g/mol. The molecule has 0 radical (unpaired) electrons. The molecule has 1 aromatic carbocycles. The van der Waals surface area contributed by atoms with Crippen molar-refractivity contribution < 1.29 is 9.84 Å². The number of aryl methyl sites for hydroxylation is 1. The zero-order valence-corrected chi connectivity index (χ0v) is 10.5. The van der Waals surface area contributed by atoms with Crippen LogP contribution < -0.4 is 4.74 Å². The highest BCUT2D eigenvalue weighted by Crippen LogP contribution is 2.32. The molecule has 0 saturated heterocycles. The maximum atomic E-state index is 9.12. The molecule has 1 aromatic rings. The Morgan fingerprint density at radius 3 is 2.62 bits per heavy atom. The summed E-state index contributed by atoms with van der Waals surface area (Å²) < 4.78 is 5.39. The molecule has 1 N–H and O–H groups in total. The first-order chi connectivity index (χ1) is 7.72. The second-order valence-electron chi connectivity index (χ2n) is 4.24. The largest absolute Gasteiger partial charge is 0.496 e. The number of methoxy groups -OCH3 is 1. The molecule has 16 heavy (non-hydrogen) atoms. The summed E-state index contributed by atoms with van der Waals surface area (Å²) in [5.41, 5.74) is 2.48. The van der Waals surface area contributed by atoms with Gasteiger partial charge in [0, 0.05) is 6.61 Å². The molecule has 0 aliphatic heterocycles. The van der Waals surface area contributed by atoms with Gasteiger partial charge in [0.25, 0.3) is 0 Å². The second kappa shape index (κ2) is 6.54. The van der Waals surface area contributed by atoms with Crippen LogP contribution in [0.4, 0.5) is 0 Å². The first kappa shape index (κ1) is 13.0. The summed E-state index contributed by atoms with van der Waals surface area (Å²) in [6, 6.07) is 6.25. The van der Waals surface area contributed by atoms with Crippen molar-refractivity contribution in [2.75, 3.05) is 13.7 Å². The van der Waals surface area contributed by atoms with Gasteiger partial charge >= 0.3 is 0 Å². The highest BCUT2D eigenvalue weighted by Gasteiger charge is 2.15. The molecule has 0 heterocycles. The fourth-order valence-electron chi connectivity index (χ4n) is 2.13. The van der Waals surface area contributed by atoms with E-state index >= 15 is 0 Å². The standard InChI is InChI=1S/C14H22O2/c1-4-5-12(8-9-15)13-10-11(2)6-7-14(13)16-3/h6-7,10,12,15H,4-5,8-9H2,1-3H3. The number of aliphatic hydroxyl groups excluding tert-OH is 1. The van der Waals surface area contributed by atoms with Crippen LogP contribution in [0.2, 0.25) is 0 Å². The van der Waals surface area contributed by atoms with E-state index in [0.717, 1.165) is 25.0 Å². The van der Waals surface area contributed by atoms with Crippen LogP contribution in [0.15, 0.2) is 18.2 Å². The molecule has 1 atom stereocenters. The van der Waals surface area contributed by atoms with E-state index < -0.39 is 0 Å². The van der Waals surface area contributed by atoms with Gasteiger partial charge in [0.05, 0.1) is 7.11 Å². The van der Waals surface area contributed by atoms with Gasteiger partial charge in [0.2, 0.25) is 0 Å². The van der Waals surface area contributed by atoms with Gasteiger partial charge in [-0.25, -0.2) is 0 Å². The molecular formula is C14H22O2. The summed E-state index contributed by atoms with van der Waals surface area (Å²) in [4.78, 5) is 0. The van der Waals surface area contributed by atoms with Crippen molar-refractivity contribution in [3.8, 4) is 5.75 Å². The summed E-state index contributed by atoms with van der Waals surface area (Å²) >= 11 is 0. The Hall–Kier alpha value is -1.02. The van der Waals surface area contributed by atoms with E-state index in [9.17, 15) is 0 Å². The van der Waals surface area contributed by atoms with Crippen molar-refractivity contribution in [1.82, 2.24) is 0 Å². The summed E-state index contributed by atoms with van der Waals surface area (Å²) in [5.74, 6) is 1.35. The summed E-state index contributed by atoms with van der Waals surface area (Å²) in [6.07, 6.45) is 3.04. The Morgan fingerprint density at radius 2 is 2.06 bits per heavy atom. The Labute approximate surface area is 98.3 Å². The number of hydrogen-bond acceptors (Lipinski definition) is 2. The molecule has 2 nitrogen and oxygen atoms in total. The molecule has 1 unspecified atom stereocenters. The smallest absolute Gasteiger partial charge is 0.122 e. The van der Waals surface area contributed by atoms with Crippen molar-refractivity contribution in [3.63, 3.8) is 0 Å². The van der Waals surface area contributed by atoms with Crippen molar-refractivity contribution in [2.24, 2.45) is 0 Å². The molecule has 0 spiro atoms. The predicted molar refractivity (Wildman–Crippen MR) is 67.1 cm³/mol. The fraction of sp³-hybridized carbons (Fsp3) is 0.571. The number of aliphatic hydroxyl groups is 1. The molecule has 0 saturated carbocycles. The molecule has 2 heteroatoms. The zero-order valence-electron chi connectivity index (χ0n) is 10.5. The number of benzene rings is 1. The third-order valence-corrected chi connectivity index (χ3v) is 2.94. The van der Waals surface area contributed by atoms with E-state index in [0.29, 0.717) is 5.92 Å². The summed E-state index contributed by atoms with van der Waals surface area (Å²) in [5, 5.41) is 9.12. The van der Waals surface area contributed by atoms with Gasteiger partial charge in [-0.1, -0.05) is 31.0 Å². The van der Waals surface area contributed by atoms with E-state index in [1.807, 2.05) is 6.07 Å². The van der Waals surface area contributed by atoms with E-state index in [1.165, 1.54) is 11.1 Å². The second-order valence-corrected chi connectivity index (χ2v) is 4.24. The molecule has 0 fully saturated rings. The molecule has 0 amide bonds. The lowest BCUT2D eigenvalue weighted by atomic mass is 9.90. The van der Waals surface area contributed by atoms with E-state index in [-0.39, 0.29) is 6.61 Å². The minimum atomic E-state index is 0.238. The Morgan fingerprint density at radius 1 is 1.31 bits per heavy atom. The zero-order chi connectivity index (χ0) is 12.0. The highest BCUT2D eigenvalue weighted by atomic mass is 16.5. The molecular weight excluding hydrogens is 200 g/mol. The van der Waals surface area contributed by atoms with E-state index in [1.54, 1.807) is 7.11 Å². The number of ether oxygens (including phenoxy) is 1. The molecule has 0 bridgehead atoms. The lowest BCUT2D eigenvalue weighted by Crippen LogP contribution is -2.04. The minimum Gasteiger partial charge on any atom is -0.496 e. The first-order valence-electron chi connectivity index (χ1n) is 5.98. The summed E-state index contributed by atoms with van der Waals surface area (Å²) in [7, 11) is 1.70. The van der Waals surface area contributed by atoms with Gasteiger partial charge in [0.1, 0.15) is 5.75 Å². The van der Waals surface area contributed by atoms with Crippen molar-refractivity contribution in [3.05, 3.63) is 29.3 Å². The summed E-state index contributed by atoms with van der Waals surface area (Å²) in [6.45, 7) is 4.50. The Kier molecular flexibility index (Phi) is 5.33. The van der Waals surface area contributed by atoms with Crippen molar-refractivity contribution in [1.29, 1.82) is 0 Å². The Balaban J connectivity index is 3.00. The van der Waals surface area contributed by atoms with Crippen LogP contribution in [0.25, 0.3) is 0 Å². The maximum absolute atomic E-state index is 9.12. The molecule has 0 aromatic heterocycles. The normalized spacial score (nSPS) is 12.5. The average Bonchev–Trinajstić information content (AvgIpc) is 2.29. The maximum Gasteiger partial charge on any atom is 0.122 e. The van der Waals surface area contributed by atoms with Crippen LogP contribution in [-0.2, 0) is 0 Å². The van der Waals surface area contributed by atoms with Gasteiger partial charge in [0.15, 0.2) is 0 Å². The average molecular weight is 222 g/mol. The van der Waals surface area contributed by atoms with E-state index in [2.05, 4.69) is 26.0 Å². The van der Waals surface area contributed by atoms with Gasteiger partial charge in [-0.2, -0.15) is 0 Å². The first-order valence-corrected chi connectivity index (χ1v) is 5.98. The minimum absolute atomic E-state index is 0.238. The predicted octanol–water partition coefficient (Wildman–Crippen LogP) is 3.27. The number of hydrogen-bond donors (Lipinski definition) is 1. The van der Waals surface area contributed by atoms with Crippen LogP contribution in [0.3, 0.4) is 0 Å². The Bertz CT molecular complexity index is 315. The van der Waals surface area contributed by atoms with Gasteiger partial charge in [-0.15, -0.1) is 0 Å². The van der Waals surface area contributed by atoms with Gasteiger partial charge in [-0.05, 0) is 37.3 Å². The lowest BCUT2D eigenvalue weighted by molar-refractivity contribution is 0.270. The van der Waals surface area contributed by atoms with Crippen molar-refractivity contribution in [2.45, 2.75) is 39.0 Å². The quantitative estimate of drug-likeness (QED) is 0.800. The molecule has 90 valence electrons. The SMILES string of the molecule is CCCC(CCO)c1cc(C)ccc1OC. The number of rotatable bonds is 6. The fourth-order valence-corrected chi connectivity index (χ4v) is 2.13. The van der Waals surface area contributed by atoms with Crippen LogP contribution in [0.1, 0.15) is 43.2 Å². The van der Waals surface area contributed by atoms with E-state index in [4.69, 9.17) is 9.84 Å². The molecule has 0 aliphatic carbocycles. The van der Waals surface area contributed by atoms with Crippen LogP contribution in [0.5, 0.6) is 5.75 Å². The van der Waals surface area contributed by atoms with Crippen molar-refractivity contribution >= 4 is 0 Å². The van der Waals surface area contributed by atoms with Gasteiger partial charge < -0.3 is 9.84 Å². The highest BCUT2D eigenvalue weighted by molar-refractivity contribution is 5.39. The lowest BCUT2D eigenvalue weighted by Gasteiger charge is -2.19. The van der Waals surface area contributed by atoms with Crippen LogP contribution >= 0.6 is 0 Å².